The molecule has 3 heterocycles. The minimum atomic E-state index is -0.0940. The van der Waals surface area contributed by atoms with Crippen LogP contribution in [0.4, 0.5) is 0 Å². The van der Waals surface area contributed by atoms with Crippen LogP contribution < -0.4 is 5.32 Å². The Balaban J connectivity index is 1.38. The number of carbonyl (C=O) groups is 1. The number of fused-ring (bicyclic) bond motifs is 1. The van der Waals surface area contributed by atoms with Gasteiger partial charge in [0, 0.05) is 28.9 Å². The van der Waals surface area contributed by atoms with Gasteiger partial charge in [0.05, 0.1) is 5.69 Å². The summed E-state index contributed by atoms with van der Waals surface area (Å²) < 4.78 is 0. The fraction of sp³-hybridized carbons (Fsp3) is 0.269. The number of rotatable bonds is 4. The topological polar surface area (TPSA) is 70.7 Å². The van der Waals surface area contributed by atoms with Crippen molar-refractivity contribution in [1.29, 1.82) is 0 Å². The van der Waals surface area contributed by atoms with Gasteiger partial charge in [-0.2, -0.15) is 0 Å². The van der Waals surface area contributed by atoms with E-state index in [0.29, 0.717) is 5.69 Å². The predicted octanol–water partition coefficient (Wildman–Crippen LogP) is 5.60. The van der Waals surface area contributed by atoms with Crippen molar-refractivity contribution < 1.29 is 4.79 Å². The van der Waals surface area contributed by atoms with Gasteiger partial charge >= 0.3 is 0 Å². The Bertz CT molecular complexity index is 1210. The molecule has 2 N–H and O–H groups in total. The van der Waals surface area contributed by atoms with Gasteiger partial charge in [-0.15, -0.1) is 0 Å². The number of nitrogens with zero attached hydrogens (tertiary/aromatic N) is 2. The molecule has 0 atom stereocenters. The average Bonchev–Trinajstić information content (AvgIpc) is 3.25. The zero-order valence-electron chi connectivity index (χ0n) is 17.6. The first kappa shape index (κ1) is 19.5. The molecule has 0 bridgehead atoms. The molecule has 4 aromatic rings. The van der Waals surface area contributed by atoms with E-state index in [9.17, 15) is 4.79 Å². The van der Waals surface area contributed by atoms with E-state index in [4.69, 9.17) is 0 Å². The highest BCUT2D eigenvalue weighted by atomic mass is 16.1. The maximum atomic E-state index is 12.8. The molecule has 0 spiro atoms. The first-order valence-corrected chi connectivity index (χ1v) is 11.0. The van der Waals surface area contributed by atoms with Gasteiger partial charge in [-0.3, -0.25) is 4.79 Å². The summed E-state index contributed by atoms with van der Waals surface area (Å²) in [6.07, 6.45) is 6.24. The summed E-state index contributed by atoms with van der Waals surface area (Å²) in [5, 5.41) is 4.18. The summed E-state index contributed by atoms with van der Waals surface area (Å²) in [6, 6.07) is 20.2. The summed E-state index contributed by atoms with van der Waals surface area (Å²) in [4.78, 5) is 25.3. The van der Waals surface area contributed by atoms with Crippen LogP contribution in [0.25, 0.3) is 33.5 Å². The Kier molecular flexibility index (Phi) is 5.24. The van der Waals surface area contributed by atoms with Crippen LogP contribution >= 0.6 is 0 Å². The molecular weight excluding hydrogens is 384 g/mol. The number of nitrogens with one attached hydrogen (secondary N) is 2. The lowest BCUT2D eigenvalue weighted by Gasteiger charge is -2.26. The van der Waals surface area contributed by atoms with Gasteiger partial charge in [0.25, 0.3) is 5.91 Å². The Labute approximate surface area is 182 Å². The number of pyridine rings is 2. The fourth-order valence-electron chi connectivity index (χ4n) is 4.31. The minimum absolute atomic E-state index is 0.0940. The molecule has 0 unspecified atom stereocenters. The van der Waals surface area contributed by atoms with Gasteiger partial charge < -0.3 is 10.3 Å². The highest BCUT2D eigenvalue weighted by Crippen LogP contribution is 2.27. The Morgan fingerprint density at radius 3 is 2.58 bits per heavy atom. The normalized spacial score (nSPS) is 18.7. The third-order valence-electron chi connectivity index (χ3n) is 6.18. The third kappa shape index (κ3) is 4.22. The summed E-state index contributed by atoms with van der Waals surface area (Å²) >= 11 is 0. The molecule has 5 rings (SSSR count). The molecule has 0 aliphatic heterocycles. The molecule has 3 aromatic heterocycles. The zero-order valence-corrected chi connectivity index (χ0v) is 17.6. The highest BCUT2D eigenvalue weighted by Gasteiger charge is 2.21. The van der Waals surface area contributed by atoms with Crippen LogP contribution in [0.3, 0.4) is 0 Å². The molecule has 0 radical (unpaired) electrons. The molecule has 156 valence electrons. The Hall–Kier alpha value is -3.47. The second kappa shape index (κ2) is 8.34. The van der Waals surface area contributed by atoms with Crippen LogP contribution in [-0.4, -0.2) is 26.9 Å². The van der Waals surface area contributed by atoms with Crippen LogP contribution in [-0.2, 0) is 0 Å². The van der Waals surface area contributed by atoms with Gasteiger partial charge in [-0.1, -0.05) is 43.3 Å². The molecule has 1 saturated carbocycles. The van der Waals surface area contributed by atoms with E-state index in [1.54, 1.807) is 12.3 Å². The summed E-state index contributed by atoms with van der Waals surface area (Å²) in [5.41, 5.74) is 5.09. The van der Waals surface area contributed by atoms with Gasteiger partial charge in [0.15, 0.2) is 0 Å². The minimum Gasteiger partial charge on any atom is -0.348 e. The number of H-pyrrole nitrogens is 1. The van der Waals surface area contributed by atoms with Crippen LogP contribution in [0.15, 0.2) is 66.9 Å². The van der Waals surface area contributed by atoms with E-state index >= 15 is 0 Å². The Morgan fingerprint density at radius 2 is 1.77 bits per heavy atom. The van der Waals surface area contributed by atoms with Crippen molar-refractivity contribution in [3.63, 3.8) is 0 Å². The SMILES string of the molecule is CC1CCC(NC(=O)c2cccc(-c3cnc4[nH]c(-c5ccccc5)cc4c3)n2)CC1. The monoisotopic (exact) mass is 410 g/mol. The summed E-state index contributed by atoms with van der Waals surface area (Å²) in [7, 11) is 0. The molecule has 1 amide bonds. The molecule has 0 saturated heterocycles. The summed E-state index contributed by atoms with van der Waals surface area (Å²) in [5.74, 6) is 0.663. The average molecular weight is 411 g/mol. The fourth-order valence-corrected chi connectivity index (χ4v) is 4.31. The smallest absolute Gasteiger partial charge is 0.270 e. The quantitative estimate of drug-likeness (QED) is 0.460. The van der Waals surface area contributed by atoms with Crippen molar-refractivity contribution in [2.75, 3.05) is 0 Å². The Morgan fingerprint density at radius 1 is 0.968 bits per heavy atom. The van der Waals surface area contributed by atoms with Crippen molar-refractivity contribution in [2.45, 2.75) is 38.6 Å². The standard InChI is InChI=1S/C26H26N4O/c1-17-10-12-21(13-11-17)28-26(31)23-9-5-8-22(29-23)20-14-19-15-24(30-25(19)27-16-20)18-6-3-2-4-7-18/h2-9,14-17,21H,10-13H2,1H3,(H,27,30)(H,28,31). The van der Waals surface area contributed by atoms with E-state index < -0.39 is 0 Å². The lowest BCUT2D eigenvalue weighted by atomic mass is 9.87. The van der Waals surface area contributed by atoms with Crippen LogP contribution in [0.2, 0.25) is 0 Å². The highest BCUT2D eigenvalue weighted by molar-refractivity contribution is 5.93. The van der Waals surface area contributed by atoms with Gasteiger partial charge in [0.1, 0.15) is 11.3 Å². The maximum Gasteiger partial charge on any atom is 0.270 e. The van der Waals surface area contributed by atoms with E-state index in [-0.39, 0.29) is 11.9 Å². The van der Waals surface area contributed by atoms with Gasteiger partial charge in [-0.05, 0) is 61.4 Å². The van der Waals surface area contributed by atoms with E-state index in [0.717, 1.165) is 52.3 Å². The van der Waals surface area contributed by atoms with Crippen LogP contribution in [0, 0.1) is 5.92 Å². The first-order valence-electron chi connectivity index (χ1n) is 11.0. The number of amides is 1. The lowest BCUT2D eigenvalue weighted by Crippen LogP contribution is -2.37. The van der Waals surface area contributed by atoms with E-state index in [1.165, 1.54) is 12.8 Å². The number of aromatic amines is 1. The molecular formula is C26H26N4O. The van der Waals surface area contributed by atoms with Gasteiger partial charge in [0.2, 0.25) is 0 Å². The zero-order chi connectivity index (χ0) is 21.2. The molecule has 5 nitrogen and oxygen atoms in total. The molecule has 1 fully saturated rings. The molecule has 5 heteroatoms. The number of hydrogen-bond donors (Lipinski definition) is 2. The number of benzene rings is 1. The first-order chi connectivity index (χ1) is 15.2. The van der Waals surface area contributed by atoms with Gasteiger partial charge in [-0.25, -0.2) is 9.97 Å². The summed E-state index contributed by atoms with van der Waals surface area (Å²) in [6.45, 7) is 2.28. The van der Waals surface area contributed by atoms with Crippen molar-refractivity contribution in [2.24, 2.45) is 5.92 Å². The molecule has 1 aliphatic carbocycles. The van der Waals surface area contributed by atoms with Crippen molar-refractivity contribution >= 4 is 16.9 Å². The van der Waals surface area contributed by atoms with Crippen molar-refractivity contribution in [3.05, 3.63) is 72.6 Å². The number of hydrogen-bond acceptors (Lipinski definition) is 3. The van der Waals surface area contributed by atoms with E-state index in [1.807, 2.05) is 30.3 Å². The molecule has 1 aliphatic rings. The molecule has 31 heavy (non-hydrogen) atoms. The maximum absolute atomic E-state index is 12.8. The lowest BCUT2D eigenvalue weighted by molar-refractivity contribution is 0.0918. The largest absolute Gasteiger partial charge is 0.348 e. The molecule has 1 aromatic carbocycles. The third-order valence-corrected chi connectivity index (χ3v) is 6.18. The van der Waals surface area contributed by atoms with Crippen molar-refractivity contribution in [3.8, 4) is 22.5 Å². The van der Waals surface area contributed by atoms with Crippen LogP contribution in [0.1, 0.15) is 43.1 Å². The number of carbonyl (C=O) groups excluding carboxylic acids is 1. The second-order valence-corrected chi connectivity index (χ2v) is 8.55. The second-order valence-electron chi connectivity index (χ2n) is 8.55. The van der Waals surface area contributed by atoms with Crippen LogP contribution in [0.5, 0.6) is 0 Å². The van der Waals surface area contributed by atoms with E-state index in [2.05, 4.69) is 51.5 Å². The number of aromatic nitrogens is 3. The van der Waals surface area contributed by atoms with Crippen molar-refractivity contribution in [1.82, 2.24) is 20.3 Å². The predicted molar refractivity (Wildman–Crippen MR) is 124 cm³/mol.